The summed E-state index contributed by atoms with van der Waals surface area (Å²) in [6.45, 7) is 2.42. The summed E-state index contributed by atoms with van der Waals surface area (Å²) in [5, 5.41) is 7.00. The standard InChI is InChI=1S/C16H17NO3.CH4O/c1-3-12-7-9-14(10-8-12)20-11-13-5-4-6-15(17-13)16(18)19-2;1-2/h4-10H,3,11H2,1-2H3;2H,1H3. The van der Waals surface area contributed by atoms with E-state index in [0.29, 0.717) is 12.3 Å². The topological polar surface area (TPSA) is 68.7 Å². The molecule has 5 heteroatoms. The smallest absolute Gasteiger partial charge is 0.356 e. The number of hydrogen-bond acceptors (Lipinski definition) is 5. The van der Waals surface area contributed by atoms with E-state index in [1.807, 2.05) is 30.3 Å². The Labute approximate surface area is 130 Å². The Morgan fingerprint density at radius 1 is 1.14 bits per heavy atom. The van der Waals surface area contributed by atoms with Crippen LogP contribution in [0.5, 0.6) is 5.75 Å². The van der Waals surface area contributed by atoms with Gasteiger partial charge < -0.3 is 14.6 Å². The number of aliphatic hydroxyl groups is 1. The maximum absolute atomic E-state index is 11.4. The van der Waals surface area contributed by atoms with Crippen LogP contribution in [-0.2, 0) is 17.8 Å². The molecule has 0 aliphatic carbocycles. The van der Waals surface area contributed by atoms with Crippen molar-refractivity contribution in [1.82, 2.24) is 4.98 Å². The first-order valence-corrected chi connectivity index (χ1v) is 6.93. The minimum Gasteiger partial charge on any atom is -0.487 e. The average Bonchev–Trinajstić information content (AvgIpc) is 2.61. The SMILES string of the molecule is CCc1ccc(OCc2cccc(C(=O)OC)n2)cc1.CO. The summed E-state index contributed by atoms with van der Waals surface area (Å²) in [6.07, 6.45) is 1.00. The Morgan fingerprint density at radius 3 is 2.41 bits per heavy atom. The van der Waals surface area contributed by atoms with Gasteiger partial charge in [0.15, 0.2) is 0 Å². The fourth-order valence-electron chi connectivity index (χ4n) is 1.76. The molecule has 0 aliphatic heterocycles. The van der Waals surface area contributed by atoms with Gasteiger partial charge in [-0.15, -0.1) is 0 Å². The van der Waals surface area contributed by atoms with E-state index in [0.717, 1.165) is 19.3 Å². The number of rotatable bonds is 5. The van der Waals surface area contributed by atoms with Crippen molar-refractivity contribution >= 4 is 5.97 Å². The Bertz CT molecular complexity index is 581. The predicted octanol–water partition coefficient (Wildman–Crippen LogP) is 2.62. The van der Waals surface area contributed by atoms with Crippen LogP contribution in [0, 0.1) is 0 Å². The fourth-order valence-corrected chi connectivity index (χ4v) is 1.76. The second-order valence-corrected chi connectivity index (χ2v) is 4.29. The largest absolute Gasteiger partial charge is 0.487 e. The molecular formula is C17H21NO4. The van der Waals surface area contributed by atoms with Gasteiger partial charge in [0.1, 0.15) is 18.1 Å². The van der Waals surface area contributed by atoms with Gasteiger partial charge in [0.2, 0.25) is 0 Å². The molecule has 2 rings (SSSR count). The highest BCUT2D eigenvalue weighted by Crippen LogP contribution is 2.14. The number of ether oxygens (including phenoxy) is 2. The molecule has 0 amide bonds. The predicted molar refractivity (Wildman–Crippen MR) is 83.9 cm³/mol. The van der Waals surface area contributed by atoms with Gasteiger partial charge in [-0.25, -0.2) is 9.78 Å². The lowest BCUT2D eigenvalue weighted by atomic mass is 10.2. The highest BCUT2D eigenvalue weighted by molar-refractivity contribution is 5.87. The zero-order valence-corrected chi connectivity index (χ0v) is 13.1. The third-order valence-corrected chi connectivity index (χ3v) is 2.92. The summed E-state index contributed by atoms with van der Waals surface area (Å²) in [5.41, 5.74) is 2.24. The number of hydrogen-bond donors (Lipinski definition) is 1. The lowest BCUT2D eigenvalue weighted by Crippen LogP contribution is -2.07. The quantitative estimate of drug-likeness (QED) is 0.860. The third kappa shape index (κ3) is 5.18. The van der Waals surface area contributed by atoms with Gasteiger partial charge in [0.05, 0.1) is 12.8 Å². The summed E-state index contributed by atoms with van der Waals surface area (Å²) in [7, 11) is 2.34. The van der Waals surface area contributed by atoms with Gasteiger partial charge in [-0.1, -0.05) is 25.1 Å². The lowest BCUT2D eigenvalue weighted by molar-refractivity contribution is 0.0593. The van der Waals surface area contributed by atoms with Gasteiger partial charge in [-0.3, -0.25) is 0 Å². The highest BCUT2D eigenvalue weighted by Gasteiger charge is 2.07. The van der Waals surface area contributed by atoms with Crippen LogP contribution in [-0.4, -0.2) is 30.3 Å². The number of methoxy groups -OCH3 is 1. The van der Waals surface area contributed by atoms with Gasteiger partial charge >= 0.3 is 5.97 Å². The van der Waals surface area contributed by atoms with E-state index in [4.69, 9.17) is 9.84 Å². The average molecular weight is 303 g/mol. The molecule has 22 heavy (non-hydrogen) atoms. The molecule has 0 atom stereocenters. The molecule has 1 aromatic heterocycles. The zero-order chi connectivity index (χ0) is 16.4. The van der Waals surface area contributed by atoms with Crippen molar-refractivity contribution in [2.75, 3.05) is 14.2 Å². The normalized spacial score (nSPS) is 9.45. The van der Waals surface area contributed by atoms with Crippen molar-refractivity contribution in [3.63, 3.8) is 0 Å². The minimum atomic E-state index is -0.445. The molecule has 2 aromatic rings. The van der Waals surface area contributed by atoms with E-state index in [2.05, 4.69) is 16.6 Å². The van der Waals surface area contributed by atoms with E-state index in [1.54, 1.807) is 12.1 Å². The highest BCUT2D eigenvalue weighted by atomic mass is 16.5. The van der Waals surface area contributed by atoms with E-state index >= 15 is 0 Å². The second kappa shape index (κ2) is 9.52. The number of nitrogens with zero attached hydrogens (tertiary/aromatic N) is 1. The van der Waals surface area contributed by atoms with Crippen molar-refractivity contribution in [2.45, 2.75) is 20.0 Å². The molecule has 0 saturated carbocycles. The maximum Gasteiger partial charge on any atom is 0.356 e. The first-order chi connectivity index (χ1) is 10.7. The third-order valence-electron chi connectivity index (χ3n) is 2.92. The van der Waals surface area contributed by atoms with Gasteiger partial charge in [-0.05, 0) is 36.2 Å². The van der Waals surface area contributed by atoms with Crippen molar-refractivity contribution in [1.29, 1.82) is 0 Å². The molecule has 5 nitrogen and oxygen atoms in total. The van der Waals surface area contributed by atoms with Gasteiger partial charge in [-0.2, -0.15) is 0 Å². The van der Waals surface area contributed by atoms with E-state index in [9.17, 15) is 4.79 Å². The Morgan fingerprint density at radius 2 is 1.82 bits per heavy atom. The minimum absolute atomic E-state index is 0.287. The van der Waals surface area contributed by atoms with Crippen molar-refractivity contribution in [2.24, 2.45) is 0 Å². The number of carbonyl (C=O) groups is 1. The van der Waals surface area contributed by atoms with Crippen molar-refractivity contribution in [3.05, 3.63) is 59.4 Å². The molecule has 0 saturated heterocycles. The van der Waals surface area contributed by atoms with Gasteiger partial charge in [0, 0.05) is 7.11 Å². The number of aliphatic hydroxyl groups excluding tert-OH is 1. The Hall–Kier alpha value is -2.40. The fraction of sp³-hybridized carbons (Fsp3) is 0.294. The molecule has 0 bridgehead atoms. The molecule has 1 heterocycles. The van der Waals surface area contributed by atoms with Crippen LogP contribution < -0.4 is 4.74 Å². The van der Waals surface area contributed by atoms with E-state index < -0.39 is 5.97 Å². The number of benzene rings is 1. The Kier molecular flexibility index (Phi) is 7.64. The molecule has 0 spiro atoms. The van der Waals surface area contributed by atoms with Crippen LogP contribution in [0.3, 0.4) is 0 Å². The molecule has 1 N–H and O–H groups in total. The van der Waals surface area contributed by atoms with Crippen LogP contribution in [0.25, 0.3) is 0 Å². The monoisotopic (exact) mass is 303 g/mol. The summed E-state index contributed by atoms with van der Waals surface area (Å²) in [4.78, 5) is 15.6. The maximum atomic E-state index is 11.4. The van der Waals surface area contributed by atoms with Crippen LogP contribution in [0.15, 0.2) is 42.5 Å². The molecule has 0 unspecified atom stereocenters. The number of carbonyl (C=O) groups excluding carboxylic acids is 1. The molecule has 1 aromatic carbocycles. The molecule has 0 fully saturated rings. The van der Waals surface area contributed by atoms with Crippen LogP contribution in [0.2, 0.25) is 0 Å². The number of esters is 1. The molecular weight excluding hydrogens is 282 g/mol. The van der Waals surface area contributed by atoms with Gasteiger partial charge in [0.25, 0.3) is 0 Å². The first kappa shape index (κ1) is 17.7. The number of aryl methyl sites for hydroxylation is 1. The first-order valence-electron chi connectivity index (χ1n) is 6.93. The zero-order valence-electron chi connectivity index (χ0n) is 13.1. The summed E-state index contributed by atoms with van der Waals surface area (Å²) >= 11 is 0. The van der Waals surface area contributed by atoms with E-state index in [1.165, 1.54) is 12.7 Å². The summed E-state index contributed by atoms with van der Waals surface area (Å²) in [5.74, 6) is 0.339. The van der Waals surface area contributed by atoms with Crippen LogP contribution in [0.1, 0.15) is 28.7 Å². The number of aromatic nitrogens is 1. The van der Waals surface area contributed by atoms with Crippen molar-refractivity contribution < 1.29 is 19.4 Å². The van der Waals surface area contributed by atoms with Crippen LogP contribution in [0.4, 0.5) is 0 Å². The lowest BCUT2D eigenvalue weighted by Gasteiger charge is -2.07. The van der Waals surface area contributed by atoms with E-state index in [-0.39, 0.29) is 5.69 Å². The molecule has 0 radical (unpaired) electrons. The summed E-state index contributed by atoms with van der Waals surface area (Å²) in [6, 6.07) is 13.1. The Balaban J connectivity index is 0.00000116. The summed E-state index contributed by atoms with van der Waals surface area (Å²) < 4.78 is 10.3. The number of pyridine rings is 1. The molecule has 0 aliphatic rings. The van der Waals surface area contributed by atoms with Crippen LogP contribution >= 0.6 is 0 Å². The molecule has 118 valence electrons. The van der Waals surface area contributed by atoms with Crippen molar-refractivity contribution in [3.8, 4) is 5.75 Å². The second-order valence-electron chi connectivity index (χ2n) is 4.29.